The Morgan fingerprint density at radius 1 is 1.33 bits per heavy atom. The van der Waals surface area contributed by atoms with E-state index in [1.807, 2.05) is 0 Å². The van der Waals surface area contributed by atoms with E-state index in [1.165, 1.54) is 12.8 Å². The highest BCUT2D eigenvalue weighted by atomic mass is 35.5. The van der Waals surface area contributed by atoms with Gasteiger partial charge in [0.25, 0.3) is 0 Å². The Hall–Kier alpha value is 0.210. The Balaban J connectivity index is 0. The van der Waals surface area contributed by atoms with Crippen molar-refractivity contribution in [3.8, 4) is 0 Å². The molecule has 0 bridgehead atoms. The van der Waals surface area contributed by atoms with Crippen LogP contribution >= 0.6 is 12.4 Å². The van der Waals surface area contributed by atoms with Crippen molar-refractivity contribution in [3.63, 3.8) is 0 Å². The first-order chi connectivity index (χ1) is 1.89. The third-order valence-corrected chi connectivity index (χ3v) is 0.622. The number of hydrogen-bond donors (Lipinski definition) is 2. The number of nitrogens with two attached hydrogens (primary N) is 1. The van der Waals surface area contributed by atoms with Crippen molar-refractivity contribution in [3.05, 3.63) is 0 Å². The lowest BCUT2D eigenvalue weighted by molar-refractivity contribution is 1.07. The van der Waals surface area contributed by atoms with Crippen LogP contribution in [0.4, 0.5) is 0 Å². The second-order valence-corrected chi connectivity index (χ2v) is 1.34. The van der Waals surface area contributed by atoms with E-state index in [4.69, 9.17) is 5.73 Å². The summed E-state index contributed by atoms with van der Waals surface area (Å²) in [6.45, 7) is 0. The molecule has 1 rings (SSSR count). The summed E-state index contributed by atoms with van der Waals surface area (Å²) in [5.74, 6) is 0. The van der Waals surface area contributed by atoms with Gasteiger partial charge >= 0.3 is 0 Å². The zero-order valence-corrected chi connectivity index (χ0v) is 4.50. The molecule has 1 aliphatic carbocycles. The lowest BCUT2D eigenvalue weighted by Crippen LogP contribution is -1.94. The molecule has 0 saturated heterocycles. The van der Waals surface area contributed by atoms with Crippen LogP contribution in [0, 0.1) is 0 Å². The molecule has 0 unspecified atom stereocenters. The third-order valence-electron chi connectivity index (χ3n) is 0.622. The van der Waals surface area contributed by atoms with E-state index in [0.29, 0.717) is 6.04 Å². The first-order valence-corrected chi connectivity index (χ1v) is 1.65. The third kappa shape index (κ3) is 4.21. The summed E-state index contributed by atoms with van der Waals surface area (Å²) in [5, 5.41) is 0. The molecule has 1 saturated carbocycles. The van der Waals surface area contributed by atoms with Crippen LogP contribution in [-0.2, 0) is 0 Å². The number of halogens is 1. The van der Waals surface area contributed by atoms with E-state index < -0.39 is 0 Å². The first kappa shape index (κ1) is 9.51. The van der Waals surface area contributed by atoms with Crippen LogP contribution in [0.5, 0.6) is 0 Å². The Labute approximate surface area is 44.1 Å². The quantitative estimate of drug-likeness (QED) is 0.482. The summed E-state index contributed by atoms with van der Waals surface area (Å²) in [6.07, 6.45) is 2.53. The summed E-state index contributed by atoms with van der Waals surface area (Å²) in [4.78, 5) is 0. The average Bonchev–Trinajstić information content (AvgIpc) is 1.75. The molecule has 0 atom stereocenters. The maximum absolute atomic E-state index is 5.22. The molecule has 2 nitrogen and oxygen atoms in total. The van der Waals surface area contributed by atoms with Crippen molar-refractivity contribution in [2.75, 3.05) is 0 Å². The van der Waals surface area contributed by atoms with E-state index in [9.17, 15) is 0 Å². The average molecular weight is 111 g/mol. The number of hydrogen-bond acceptors (Lipinski definition) is 2. The van der Waals surface area contributed by atoms with Crippen molar-refractivity contribution in [2.45, 2.75) is 18.9 Å². The summed E-state index contributed by atoms with van der Waals surface area (Å²) < 4.78 is 0. The Bertz CT molecular complexity index is 28.0. The largest absolute Gasteiger partial charge is 0.344 e. The van der Waals surface area contributed by atoms with Crippen LogP contribution in [0.2, 0.25) is 0 Å². The molecule has 0 aromatic heterocycles. The first-order valence-electron chi connectivity index (χ1n) is 1.65. The van der Waals surface area contributed by atoms with E-state index in [2.05, 4.69) is 0 Å². The topological polar surface area (TPSA) is 61.0 Å². The monoisotopic (exact) mass is 110 g/mol. The van der Waals surface area contributed by atoms with E-state index >= 15 is 0 Å². The van der Waals surface area contributed by atoms with Gasteiger partial charge in [-0.2, -0.15) is 0 Å². The van der Waals surface area contributed by atoms with Gasteiger partial charge in [-0.3, -0.25) is 0 Å². The molecule has 0 aliphatic heterocycles. The fourth-order valence-corrected chi connectivity index (χ4v) is 0.0962. The molecule has 0 aromatic rings. The molecule has 0 spiro atoms. The maximum Gasteiger partial charge on any atom is 0.00399 e. The molecule has 0 aromatic carbocycles. The molecule has 0 amide bonds. The predicted octanol–water partition coefficient (Wildman–Crippen LogP) is 0.691. The molecule has 0 radical (unpaired) electrons. The van der Waals surface area contributed by atoms with Crippen LogP contribution in [0.15, 0.2) is 0 Å². The Morgan fingerprint density at radius 2 is 1.50 bits per heavy atom. The smallest absolute Gasteiger partial charge is 0.00399 e. The van der Waals surface area contributed by atoms with Crippen molar-refractivity contribution in [2.24, 2.45) is 5.73 Å². The van der Waals surface area contributed by atoms with Gasteiger partial charge in [0.05, 0.1) is 0 Å². The van der Waals surface area contributed by atoms with Crippen molar-refractivity contribution >= 4 is 12.4 Å². The van der Waals surface area contributed by atoms with E-state index in [1.54, 1.807) is 0 Å². The lowest BCUT2D eigenvalue weighted by Gasteiger charge is -1.58. The van der Waals surface area contributed by atoms with Crippen molar-refractivity contribution in [1.82, 2.24) is 6.15 Å². The summed E-state index contributed by atoms with van der Waals surface area (Å²) >= 11 is 0. The highest BCUT2D eigenvalue weighted by Gasteiger charge is 2.13. The molecule has 40 valence electrons. The Kier molecular flexibility index (Phi) is 5.39. The molecular weight excluding hydrogens is 99.5 g/mol. The van der Waals surface area contributed by atoms with Gasteiger partial charge in [-0.05, 0) is 12.8 Å². The van der Waals surface area contributed by atoms with Crippen LogP contribution in [0.1, 0.15) is 12.8 Å². The fraction of sp³-hybridized carbons (Fsp3) is 1.00. The normalized spacial score (nSPS) is 17.5. The molecule has 1 aliphatic rings. The van der Waals surface area contributed by atoms with Gasteiger partial charge in [-0.25, -0.2) is 0 Å². The minimum atomic E-state index is 0. The van der Waals surface area contributed by atoms with Gasteiger partial charge in [0.1, 0.15) is 0 Å². The van der Waals surface area contributed by atoms with Crippen LogP contribution in [0.3, 0.4) is 0 Å². The van der Waals surface area contributed by atoms with Gasteiger partial charge in [-0.1, -0.05) is 0 Å². The second-order valence-electron chi connectivity index (χ2n) is 1.34. The van der Waals surface area contributed by atoms with Crippen LogP contribution < -0.4 is 11.9 Å². The molecule has 1 fully saturated rings. The van der Waals surface area contributed by atoms with Crippen molar-refractivity contribution < 1.29 is 0 Å². The van der Waals surface area contributed by atoms with Gasteiger partial charge in [0, 0.05) is 6.04 Å². The minimum absolute atomic E-state index is 0. The minimum Gasteiger partial charge on any atom is -0.344 e. The maximum atomic E-state index is 5.22. The lowest BCUT2D eigenvalue weighted by atomic mass is 10.8. The predicted molar refractivity (Wildman–Crippen MR) is 29.5 cm³/mol. The van der Waals surface area contributed by atoms with Gasteiger partial charge in [0.15, 0.2) is 0 Å². The highest BCUT2D eigenvalue weighted by Crippen LogP contribution is 2.13. The summed E-state index contributed by atoms with van der Waals surface area (Å²) in [6, 6.07) is 0.583. The molecule has 6 heavy (non-hydrogen) atoms. The zero-order chi connectivity index (χ0) is 2.99. The SMILES string of the molecule is Cl.N.NC1CC1. The van der Waals surface area contributed by atoms with Gasteiger partial charge < -0.3 is 11.9 Å². The molecule has 5 N–H and O–H groups in total. The fourth-order valence-electron chi connectivity index (χ4n) is 0.0962. The van der Waals surface area contributed by atoms with E-state index in [-0.39, 0.29) is 18.6 Å². The highest BCUT2D eigenvalue weighted by molar-refractivity contribution is 5.85. The number of rotatable bonds is 0. The summed E-state index contributed by atoms with van der Waals surface area (Å²) in [7, 11) is 0. The van der Waals surface area contributed by atoms with E-state index in [0.717, 1.165) is 0 Å². The summed E-state index contributed by atoms with van der Waals surface area (Å²) in [5.41, 5.74) is 5.22. The molecule has 0 heterocycles. The standard InChI is InChI=1S/C3H7N.ClH.H3N/c4-3-1-2-3;;/h3H,1-2,4H2;1H;1H3. The van der Waals surface area contributed by atoms with Crippen LogP contribution in [0.25, 0.3) is 0 Å². The van der Waals surface area contributed by atoms with Gasteiger partial charge in [-0.15, -0.1) is 12.4 Å². The molecular formula is C3H11ClN2. The van der Waals surface area contributed by atoms with Gasteiger partial charge in [0.2, 0.25) is 0 Å². The van der Waals surface area contributed by atoms with Crippen LogP contribution in [-0.4, -0.2) is 6.04 Å². The zero-order valence-electron chi connectivity index (χ0n) is 3.68. The molecule has 3 heteroatoms. The second kappa shape index (κ2) is 3.40. The Morgan fingerprint density at radius 3 is 1.50 bits per heavy atom. The van der Waals surface area contributed by atoms with Crippen molar-refractivity contribution in [1.29, 1.82) is 0 Å².